The van der Waals surface area contributed by atoms with E-state index in [2.05, 4.69) is 11.7 Å². The fourth-order valence-electron chi connectivity index (χ4n) is 0.950. The van der Waals surface area contributed by atoms with Crippen LogP contribution in [0, 0.1) is 0 Å². The molecule has 0 aromatic rings. The molecule has 0 unspecified atom stereocenters. The van der Waals surface area contributed by atoms with Gasteiger partial charge in [-0.05, 0) is 0 Å². The molecule has 0 aliphatic carbocycles. The zero-order valence-corrected chi connectivity index (χ0v) is 9.87. The van der Waals surface area contributed by atoms with Crippen LogP contribution >= 0.6 is 0 Å². The quantitative estimate of drug-likeness (QED) is 0.413. The number of carbonyl (C=O) groups excluding carboxylic acids is 1. The third kappa shape index (κ3) is 9.62. The Morgan fingerprint density at radius 3 is 2.80 bits per heavy atom. The summed E-state index contributed by atoms with van der Waals surface area (Å²) in [4.78, 5) is 10.8. The van der Waals surface area contributed by atoms with E-state index < -0.39 is 5.97 Å². The first-order chi connectivity index (χ1) is 7.20. The molecule has 0 heterocycles. The van der Waals surface area contributed by atoms with Crippen molar-refractivity contribution in [2.75, 3.05) is 6.61 Å². The van der Waals surface area contributed by atoms with Crippen LogP contribution in [0.2, 0.25) is 5.36 Å². The molecule has 0 fully saturated rings. The van der Waals surface area contributed by atoms with Crippen LogP contribution in [0.4, 0.5) is 0 Å². The number of unbranched alkanes of at least 4 members (excludes halogenated alkanes) is 3. The second-order valence-corrected chi connectivity index (χ2v) is 3.73. The summed E-state index contributed by atoms with van der Waals surface area (Å²) < 4.78 is 14.7. The van der Waals surface area contributed by atoms with Gasteiger partial charge in [0.25, 0.3) is 0 Å². The first-order valence-electron chi connectivity index (χ1n) is 4.90. The summed E-state index contributed by atoms with van der Waals surface area (Å²) in [6, 6.07) is 0. The molecule has 0 amide bonds. The van der Waals surface area contributed by atoms with Crippen LogP contribution in [0.3, 0.4) is 0 Å². The molecule has 0 aromatic heterocycles. The maximum absolute atomic E-state index is 10.8. The van der Waals surface area contributed by atoms with Crippen molar-refractivity contribution in [3.63, 3.8) is 0 Å². The number of allylic oxidation sites excluding steroid dienone is 1. The average molecular weight is 260 g/mol. The predicted molar refractivity (Wildman–Crippen MR) is 51.3 cm³/mol. The first kappa shape index (κ1) is 14.3. The second-order valence-electron chi connectivity index (χ2n) is 3.07. The van der Waals surface area contributed by atoms with Crippen LogP contribution in [0.1, 0.15) is 32.6 Å². The summed E-state index contributed by atoms with van der Waals surface area (Å²) in [5, 5.41) is 9.10. The van der Waals surface area contributed by atoms with Crippen molar-refractivity contribution < 1.29 is 33.1 Å². The van der Waals surface area contributed by atoms with Crippen molar-refractivity contribution in [3.8, 4) is 0 Å². The number of esters is 1. The third-order valence-electron chi connectivity index (χ3n) is 1.71. The second kappa shape index (κ2) is 9.86. The molecule has 0 atom stereocenters. The molecule has 0 aromatic carbocycles. The van der Waals surface area contributed by atoms with Gasteiger partial charge in [0, 0.05) is 0 Å². The minimum absolute atomic E-state index is 0.0570. The number of aliphatic hydroxyl groups is 1. The number of rotatable bonds is 8. The Hall–Kier alpha value is -0.684. The van der Waals surface area contributed by atoms with Crippen molar-refractivity contribution in [2.24, 2.45) is 0 Å². The molecule has 0 bridgehead atoms. The summed E-state index contributed by atoms with van der Waals surface area (Å²) in [6.07, 6.45) is 5.71. The Morgan fingerprint density at radius 2 is 2.20 bits per heavy atom. The van der Waals surface area contributed by atoms with Gasteiger partial charge in [0.15, 0.2) is 0 Å². The maximum atomic E-state index is 10.8. The van der Waals surface area contributed by atoms with E-state index in [9.17, 15) is 13.8 Å². The molecule has 90 valence electrons. The molecule has 5 heteroatoms. The van der Waals surface area contributed by atoms with Crippen molar-refractivity contribution in [1.29, 1.82) is 0 Å². The molecule has 0 aliphatic heterocycles. The van der Waals surface area contributed by atoms with Crippen LogP contribution in [0.5, 0.6) is 0 Å². The van der Waals surface area contributed by atoms with E-state index in [0.717, 1.165) is 25.7 Å². The summed E-state index contributed by atoms with van der Waals surface area (Å²) in [5.41, 5.74) is 0. The molecule has 0 aliphatic rings. The Morgan fingerprint density at radius 1 is 1.47 bits per heavy atom. The Bertz CT molecular complexity index is 225. The van der Waals surface area contributed by atoms with E-state index in [-0.39, 0.29) is 32.3 Å². The molecule has 1 N–H and O–H groups in total. The van der Waals surface area contributed by atoms with E-state index in [1.807, 2.05) is 0 Å². The number of aliphatic hydroxyl groups excluding tert-OH is 1. The topological polar surface area (TPSA) is 63.6 Å². The number of ether oxygens (including phenoxy) is 1. The fraction of sp³-hybridized carbons (Fsp3) is 0.700. The number of hydrogen-bond donors (Lipinski definition) is 1. The van der Waals surface area contributed by atoms with Crippen molar-refractivity contribution >= 4 is 5.97 Å². The summed E-state index contributed by atoms with van der Waals surface area (Å²) in [6.45, 7) is 1.98. The van der Waals surface area contributed by atoms with Gasteiger partial charge in [0.2, 0.25) is 0 Å². The average Bonchev–Trinajstić information content (AvgIpc) is 2.22. The van der Waals surface area contributed by atoms with Gasteiger partial charge in [-0.2, -0.15) is 0 Å². The normalized spacial score (nSPS) is 11.7. The number of hydrogen-bond acceptors (Lipinski definition) is 4. The molecule has 0 radical (unpaired) electrons. The Kier molecular flexibility index (Phi) is 9.41. The summed E-state index contributed by atoms with van der Waals surface area (Å²) in [5.74, 6) is -0.514. The van der Waals surface area contributed by atoms with E-state index in [4.69, 9.17) is 0 Å². The van der Waals surface area contributed by atoms with Crippen LogP contribution in [-0.2, 0) is 28.0 Å². The van der Waals surface area contributed by atoms with Crippen molar-refractivity contribution in [1.82, 2.24) is 0 Å². The molecule has 0 spiro atoms. The SMILES string of the molecule is CCCCC/C=C(/O)COC(=O)[CH2][Co]=[O]. The van der Waals surface area contributed by atoms with E-state index >= 15 is 0 Å². The molecule has 0 saturated heterocycles. The number of carbonyl (C=O) groups is 1. The summed E-state index contributed by atoms with van der Waals surface area (Å²) >= 11 is -0.235. The van der Waals surface area contributed by atoms with Gasteiger partial charge in [-0.1, -0.05) is 0 Å². The zero-order chi connectivity index (χ0) is 11.5. The van der Waals surface area contributed by atoms with Gasteiger partial charge in [0.05, 0.1) is 0 Å². The molecule has 0 saturated carbocycles. The van der Waals surface area contributed by atoms with Crippen molar-refractivity contribution in [3.05, 3.63) is 11.8 Å². The first-order valence-corrected chi connectivity index (χ1v) is 6.06. The molecular weight excluding hydrogens is 243 g/mol. The van der Waals surface area contributed by atoms with Crippen LogP contribution in [0.25, 0.3) is 0 Å². The standard InChI is InChI=1S/C10H17O3.Co.O/c1-3-4-5-6-7-10(12)8-13-9(2)11;;/h7,12H,2-6,8H2,1H3;;/b10-7+;;. The van der Waals surface area contributed by atoms with Gasteiger partial charge in [-0.3, -0.25) is 0 Å². The van der Waals surface area contributed by atoms with Gasteiger partial charge < -0.3 is 0 Å². The van der Waals surface area contributed by atoms with Gasteiger partial charge >= 0.3 is 95.5 Å². The molecular formula is C10H17CoO4. The fourth-order valence-corrected chi connectivity index (χ4v) is 1.18. The van der Waals surface area contributed by atoms with Gasteiger partial charge in [-0.15, -0.1) is 0 Å². The van der Waals surface area contributed by atoms with Crippen LogP contribution < -0.4 is 0 Å². The monoisotopic (exact) mass is 260 g/mol. The van der Waals surface area contributed by atoms with Gasteiger partial charge in [-0.25, -0.2) is 0 Å². The molecule has 0 rings (SSSR count). The molecule has 15 heavy (non-hydrogen) atoms. The predicted octanol–water partition coefficient (Wildman–Crippen LogP) is 2.40. The Balaban J connectivity index is 3.58. The van der Waals surface area contributed by atoms with E-state index in [1.165, 1.54) is 0 Å². The Labute approximate surface area is 95.9 Å². The van der Waals surface area contributed by atoms with Crippen LogP contribution in [-0.4, -0.2) is 17.7 Å². The summed E-state index contributed by atoms with van der Waals surface area (Å²) in [7, 11) is 0. The molecule has 4 nitrogen and oxygen atoms in total. The third-order valence-corrected chi connectivity index (χ3v) is 2.16. The minimum atomic E-state index is -0.571. The van der Waals surface area contributed by atoms with Crippen molar-refractivity contribution in [2.45, 2.75) is 38.0 Å². The van der Waals surface area contributed by atoms with E-state index in [0.29, 0.717) is 0 Å². The van der Waals surface area contributed by atoms with E-state index in [1.54, 1.807) is 6.08 Å². The van der Waals surface area contributed by atoms with Crippen LogP contribution in [0.15, 0.2) is 11.8 Å². The van der Waals surface area contributed by atoms with Gasteiger partial charge in [0.1, 0.15) is 0 Å². The zero-order valence-electron chi connectivity index (χ0n) is 8.83.